The molecule has 2 N–H and O–H groups in total. The van der Waals surface area contributed by atoms with Crippen LogP contribution in [0.4, 0.5) is 0 Å². The summed E-state index contributed by atoms with van der Waals surface area (Å²) in [6, 6.07) is 0. The summed E-state index contributed by atoms with van der Waals surface area (Å²) in [6.45, 7) is 4.88. The Labute approximate surface area is 158 Å². The molecule has 7 atom stereocenters. The molecule has 0 aromatic rings. The fourth-order valence-corrected chi connectivity index (χ4v) is 7.69. The largest absolute Gasteiger partial charge is 0.481 e. The number of aliphatic carboxylic acids is 1. The molecule has 0 radical (unpaired) electrons. The predicted molar refractivity (Wildman–Crippen MR) is 103 cm³/mol. The van der Waals surface area contributed by atoms with Crippen molar-refractivity contribution in [2.75, 3.05) is 0 Å². The van der Waals surface area contributed by atoms with Gasteiger partial charge in [-0.25, -0.2) is 0 Å². The third kappa shape index (κ3) is 2.95. The van der Waals surface area contributed by atoms with Gasteiger partial charge in [-0.3, -0.25) is 4.79 Å². The molecule has 3 heteroatoms. The molecule has 0 aromatic carbocycles. The van der Waals surface area contributed by atoms with E-state index < -0.39 is 5.97 Å². The zero-order chi connectivity index (χ0) is 18.5. The zero-order valence-corrected chi connectivity index (χ0v) is 16.5. The van der Waals surface area contributed by atoms with E-state index in [0.29, 0.717) is 35.5 Å². The van der Waals surface area contributed by atoms with Gasteiger partial charge < -0.3 is 10.2 Å². The molecule has 3 saturated carbocycles. The zero-order valence-electron chi connectivity index (χ0n) is 16.5. The summed E-state index contributed by atoms with van der Waals surface area (Å²) in [5.74, 6) is 2.30. The third-order valence-electron chi connectivity index (χ3n) is 8.82. The van der Waals surface area contributed by atoms with Crippen molar-refractivity contribution in [2.45, 2.75) is 90.6 Å². The van der Waals surface area contributed by atoms with Gasteiger partial charge in [-0.1, -0.05) is 30.9 Å². The van der Waals surface area contributed by atoms with Crippen LogP contribution >= 0.6 is 0 Å². The second kappa shape index (κ2) is 6.96. The first-order valence-electron chi connectivity index (χ1n) is 11.0. The van der Waals surface area contributed by atoms with Crippen LogP contribution < -0.4 is 0 Å². The van der Waals surface area contributed by atoms with Crippen molar-refractivity contribution in [3.8, 4) is 0 Å². The normalized spacial score (nSPS) is 45.0. The molecule has 3 nitrogen and oxygen atoms in total. The van der Waals surface area contributed by atoms with Crippen LogP contribution in [0.5, 0.6) is 0 Å². The van der Waals surface area contributed by atoms with Crippen LogP contribution in [0, 0.1) is 35.0 Å². The Hall–Kier alpha value is -0.830. The van der Waals surface area contributed by atoms with Gasteiger partial charge in [-0.05, 0) is 93.3 Å². The quantitative estimate of drug-likeness (QED) is 0.679. The Morgan fingerprint density at radius 3 is 2.81 bits per heavy atom. The average molecular weight is 361 g/mol. The fourth-order valence-electron chi connectivity index (χ4n) is 7.69. The highest BCUT2D eigenvalue weighted by atomic mass is 16.4. The molecular formula is C23H36O3. The van der Waals surface area contributed by atoms with E-state index in [1.807, 2.05) is 0 Å². The third-order valence-corrected chi connectivity index (χ3v) is 8.82. The highest BCUT2D eigenvalue weighted by Gasteiger charge is 2.57. The number of fused-ring (bicyclic) bond motifs is 5. The molecule has 0 saturated heterocycles. The molecule has 0 heterocycles. The minimum absolute atomic E-state index is 0.123. The lowest BCUT2D eigenvalue weighted by molar-refractivity contribution is -0.137. The second-order valence-corrected chi connectivity index (χ2v) is 10.0. The molecule has 0 bridgehead atoms. The van der Waals surface area contributed by atoms with Gasteiger partial charge in [0.1, 0.15) is 0 Å². The molecule has 0 spiro atoms. The van der Waals surface area contributed by atoms with E-state index in [4.69, 9.17) is 5.11 Å². The van der Waals surface area contributed by atoms with Crippen molar-refractivity contribution in [3.63, 3.8) is 0 Å². The lowest BCUT2D eigenvalue weighted by Crippen LogP contribution is -2.54. The number of hydrogen-bond donors (Lipinski definition) is 2. The van der Waals surface area contributed by atoms with Gasteiger partial charge in [-0.15, -0.1) is 0 Å². The Morgan fingerprint density at radius 2 is 2.04 bits per heavy atom. The summed E-state index contributed by atoms with van der Waals surface area (Å²) < 4.78 is 0. The number of aliphatic hydroxyl groups excluding tert-OH is 1. The molecular weight excluding hydrogens is 324 g/mol. The molecule has 0 amide bonds. The molecule has 3 fully saturated rings. The molecule has 146 valence electrons. The summed E-state index contributed by atoms with van der Waals surface area (Å²) in [4.78, 5) is 10.9. The van der Waals surface area contributed by atoms with Gasteiger partial charge in [0.15, 0.2) is 0 Å². The Bertz CT molecular complexity index is 594. The van der Waals surface area contributed by atoms with Crippen LogP contribution in [-0.2, 0) is 4.79 Å². The van der Waals surface area contributed by atoms with Crippen molar-refractivity contribution in [1.82, 2.24) is 0 Å². The van der Waals surface area contributed by atoms with Crippen molar-refractivity contribution < 1.29 is 15.0 Å². The number of aliphatic hydroxyl groups is 1. The van der Waals surface area contributed by atoms with Crippen LogP contribution in [0.25, 0.3) is 0 Å². The number of rotatable bonds is 4. The van der Waals surface area contributed by atoms with E-state index in [9.17, 15) is 9.90 Å². The van der Waals surface area contributed by atoms with Crippen LogP contribution in [0.3, 0.4) is 0 Å². The SMILES string of the molecule is CC1=C2C(CCCC(=O)O)CCC2C2C(O)CC3CCCCC3(C)C2C1. The van der Waals surface area contributed by atoms with E-state index in [-0.39, 0.29) is 6.10 Å². The average Bonchev–Trinajstić information content (AvgIpc) is 3.00. The fraction of sp³-hybridized carbons (Fsp3) is 0.870. The number of carbonyl (C=O) groups is 1. The van der Waals surface area contributed by atoms with Gasteiger partial charge in [-0.2, -0.15) is 0 Å². The van der Waals surface area contributed by atoms with Gasteiger partial charge in [0.25, 0.3) is 0 Å². The van der Waals surface area contributed by atoms with Crippen molar-refractivity contribution in [3.05, 3.63) is 11.1 Å². The van der Waals surface area contributed by atoms with Crippen molar-refractivity contribution >= 4 is 5.97 Å². The van der Waals surface area contributed by atoms with Crippen LogP contribution in [0.2, 0.25) is 0 Å². The first-order chi connectivity index (χ1) is 12.4. The summed E-state index contributed by atoms with van der Waals surface area (Å²) in [6.07, 6.45) is 12.0. The predicted octanol–water partition coefficient (Wildman–Crippen LogP) is 5.18. The number of allylic oxidation sites excluding steroid dienone is 2. The highest BCUT2D eigenvalue weighted by Crippen LogP contribution is 2.63. The minimum Gasteiger partial charge on any atom is -0.481 e. The van der Waals surface area contributed by atoms with Gasteiger partial charge in [0.2, 0.25) is 0 Å². The molecule has 4 aliphatic rings. The van der Waals surface area contributed by atoms with Crippen molar-refractivity contribution in [1.29, 1.82) is 0 Å². The number of carboxylic acid groups (broad SMARTS) is 1. The van der Waals surface area contributed by atoms with E-state index in [1.165, 1.54) is 44.9 Å². The highest BCUT2D eigenvalue weighted by molar-refractivity contribution is 5.66. The number of hydrogen-bond acceptors (Lipinski definition) is 2. The molecule has 26 heavy (non-hydrogen) atoms. The van der Waals surface area contributed by atoms with Crippen LogP contribution in [-0.4, -0.2) is 22.3 Å². The summed E-state index contributed by atoms with van der Waals surface area (Å²) in [5, 5.41) is 20.1. The molecule has 4 aliphatic carbocycles. The number of carboxylic acids is 1. The smallest absolute Gasteiger partial charge is 0.303 e. The van der Waals surface area contributed by atoms with Gasteiger partial charge in [0, 0.05) is 6.42 Å². The molecule has 7 unspecified atom stereocenters. The Balaban J connectivity index is 1.58. The van der Waals surface area contributed by atoms with E-state index in [1.54, 1.807) is 11.1 Å². The second-order valence-electron chi connectivity index (χ2n) is 10.0. The molecule has 4 rings (SSSR count). The van der Waals surface area contributed by atoms with Gasteiger partial charge >= 0.3 is 5.97 Å². The standard InChI is InChI=1S/C23H36O3/c1-14-12-18-22(19(24)13-16-7-3-4-11-23(16,18)2)17-10-9-15(21(14)17)6-5-8-20(25)26/h15-19,22,24H,3-13H2,1-2H3,(H,25,26). The van der Waals surface area contributed by atoms with E-state index in [2.05, 4.69) is 13.8 Å². The maximum Gasteiger partial charge on any atom is 0.303 e. The monoisotopic (exact) mass is 360 g/mol. The van der Waals surface area contributed by atoms with Crippen LogP contribution in [0.1, 0.15) is 84.5 Å². The molecule has 0 aliphatic heterocycles. The topological polar surface area (TPSA) is 57.5 Å². The summed E-state index contributed by atoms with van der Waals surface area (Å²) in [7, 11) is 0. The lowest BCUT2D eigenvalue weighted by Gasteiger charge is -2.59. The Morgan fingerprint density at radius 1 is 1.23 bits per heavy atom. The minimum atomic E-state index is -0.673. The van der Waals surface area contributed by atoms with E-state index >= 15 is 0 Å². The molecule has 0 aromatic heterocycles. The van der Waals surface area contributed by atoms with E-state index in [0.717, 1.165) is 25.2 Å². The first-order valence-corrected chi connectivity index (χ1v) is 11.0. The summed E-state index contributed by atoms with van der Waals surface area (Å²) in [5.41, 5.74) is 3.65. The maximum absolute atomic E-state index is 11.1. The van der Waals surface area contributed by atoms with Crippen molar-refractivity contribution in [2.24, 2.45) is 35.0 Å². The Kier molecular flexibility index (Phi) is 4.96. The maximum atomic E-state index is 11.1. The summed E-state index contributed by atoms with van der Waals surface area (Å²) >= 11 is 0. The van der Waals surface area contributed by atoms with Gasteiger partial charge in [0.05, 0.1) is 6.10 Å². The lowest BCUT2D eigenvalue weighted by atomic mass is 9.47. The first kappa shape index (κ1) is 18.5. The van der Waals surface area contributed by atoms with Crippen LogP contribution in [0.15, 0.2) is 11.1 Å².